The van der Waals surface area contributed by atoms with Gasteiger partial charge in [-0.1, -0.05) is 80.8 Å². The van der Waals surface area contributed by atoms with Gasteiger partial charge < -0.3 is 9.64 Å². The molecule has 0 amide bonds. The van der Waals surface area contributed by atoms with Crippen LogP contribution in [0.4, 0.5) is 5.69 Å². The van der Waals surface area contributed by atoms with Crippen LogP contribution in [0.1, 0.15) is 61.8 Å². The number of para-hydroxylation sites is 1. The Labute approximate surface area is 278 Å². The fraction of sp³-hybridized carbons (Fsp3) is 0.286. The minimum absolute atomic E-state index is 0.269. The summed E-state index contributed by atoms with van der Waals surface area (Å²) in [5.74, 6) is 4.09. The highest BCUT2D eigenvalue weighted by molar-refractivity contribution is 6.12. The zero-order valence-electron chi connectivity index (χ0n) is 28.2. The Hall–Kier alpha value is -4.90. The maximum Gasteiger partial charge on any atom is 0.137 e. The lowest BCUT2D eigenvalue weighted by molar-refractivity contribution is 0.377. The monoisotopic (exact) mass is 620 g/mol. The molecule has 4 aromatic carbocycles. The first kappa shape index (κ1) is 30.7. The Morgan fingerprint density at radius 1 is 0.745 bits per heavy atom. The van der Waals surface area contributed by atoms with E-state index in [0.717, 1.165) is 46.3 Å². The molecular formula is C42H44N4O. The zero-order chi connectivity index (χ0) is 32.5. The fourth-order valence-corrected chi connectivity index (χ4v) is 7.67. The number of nitrogens with zero attached hydrogens (tertiary/aromatic N) is 4. The zero-order valence-corrected chi connectivity index (χ0v) is 28.2. The number of anilines is 1. The van der Waals surface area contributed by atoms with Crippen LogP contribution in [0.5, 0.6) is 11.5 Å². The molecule has 1 aliphatic heterocycles. The quantitative estimate of drug-likeness (QED) is 0.153. The number of aromatic nitrogens is 2. The molecule has 47 heavy (non-hydrogen) atoms. The molecule has 0 bridgehead atoms. The van der Waals surface area contributed by atoms with Crippen LogP contribution in [0.15, 0.2) is 108 Å². The highest BCUT2D eigenvalue weighted by atomic mass is 16.5. The average molecular weight is 621 g/mol. The van der Waals surface area contributed by atoms with Gasteiger partial charge in [0.2, 0.25) is 0 Å². The van der Waals surface area contributed by atoms with Crippen molar-refractivity contribution in [2.45, 2.75) is 66.3 Å². The van der Waals surface area contributed by atoms with Gasteiger partial charge in [-0.3, -0.25) is 9.56 Å². The van der Waals surface area contributed by atoms with E-state index in [1.807, 2.05) is 30.5 Å². The molecule has 7 rings (SSSR count). The number of hydrogen-bond donors (Lipinski definition) is 0. The minimum atomic E-state index is 0.269. The summed E-state index contributed by atoms with van der Waals surface area (Å²) < 4.78 is 8.84. The number of aryl methyl sites for hydroxylation is 3. The number of amidine groups is 1. The summed E-state index contributed by atoms with van der Waals surface area (Å²) >= 11 is 0. The Morgan fingerprint density at radius 2 is 1.47 bits per heavy atom. The van der Waals surface area contributed by atoms with E-state index in [1.54, 1.807) is 0 Å². The van der Waals surface area contributed by atoms with Crippen LogP contribution in [0.3, 0.4) is 0 Å². The number of ether oxygens (including phenoxy) is 1. The first-order valence-corrected chi connectivity index (χ1v) is 17.1. The first-order chi connectivity index (χ1) is 22.9. The molecule has 0 unspecified atom stereocenters. The van der Waals surface area contributed by atoms with E-state index >= 15 is 0 Å². The van der Waals surface area contributed by atoms with Crippen molar-refractivity contribution >= 4 is 33.3 Å². The number of aliphatic imine (C=N–C) groups is 1. The molecule has 0 N–H and O–H groups in total. The fourth-order valence-electron chi connectivity index (χ4n) is 7.67. The van der Waals surface area contributed by atoms with Crippen molar-refractivity contribution in [3.8, 4) is 17.3 Å². The molecule has 0 fully saturated rings. The molecule has 0 radical (unpaired) electrons. The highest BCUT2D eigenvalue weighted by Gasteiger charge is 2.33. The first-order valence-electron chi connectivity index (χ1n) is 17.1. The summed E-state index contributed by atoms with van der Waals surface area (Å²) in [6.07, 6.45) is 6.61. The third kappa shape index (κ3) is 5.91. The van der Waals surface area contributed by atoms with Gasteiger partial charge in [-0.05, 0) is 93.1 Å². The van der Waals surface area contributed by atoms with Crippen molar-refractivity contribution < 1.29 is 4.74 Å². The molecule has 1 atom stereocenters. The van der Waals surface area contributed by atoms with E-state index in [1.165, 1.54) is 58.8 Å². The second-order valence-corrected chi connectivity index (χ2v) is 13.1. The molecule has 2 aromatic heterocycles. The Morgan fingerprint density at radius 3 is 2.21 bits per heavy atom. The van der Waals surface area contributed by atoms with Gasteiger partial charge >= 0.3 is 0 Å². The summed E-state index contributed by atoms with van der Waals surface area (Å²) in [4.78, 5) is 12.7. The average Bonchev–Trinajstić information content (AvgIpc) is 3.64. The second-order valence-electron chi connectivity index (χ2n) is 13.1. The third-order valence-corrected chi connectivity index (χ3v) is 9.53. The topological polar surface area (TPSA) is 42.6 Å². The predicted octanol–water partition coefficient (Wildman–Crippen LogP) is 10.7. The van der Waals surface area contributed by atoms with Crippen LogP contribution >= 0.6 is 0 Å². The van der Waals surface area contributed by atoms with E-state index in [2.05, 4.69) is 122 Å². The Bertz CT molecular complexity index is 2050. The standard InChI is InChI=1S/C42H44N4O/c1-6-13-31(14-7-2)37-27-45(41-29(4)23-28(3)24-30(41)5)42(44-37)32-15-12-16-33(25-32)47-34-20-21-36-35-17-8-9-18-38(35)46(39(36)26-34)40-19-10-11-22-43-40/h8-12,15-26,31,37H,6-7,13-14,27H2,1-5H3/t37-/m0/s1. The van der Waals surface area contributed by atoms with E-state index in [0.29, 0.717) is 5.92 Å². The molecule has 5 heteroatoms. The lowest BCUT2D eigenvalue weighted by Crippen LogP contribution is -2.33. The minimum Gasteiger partial charge on any atom is -0.457 e. The van der Waals surface area contributed by atoms with Crippen LogP contribution in [-0.4, -0.2) is 28.0 Å². The molecule has 1 aliphatic rings. The number of benzene rings is 4. The summed E-state index contributed by atoms with van der Waals surface area (Å²) in [5.41, 5.74) is 8.44. The summed E-state index contributed by atoms with van der Waals surface area (Å²) in [6, 6.07) is 34.2. The largest absolute Gasteiger partial charge is 0.457 e. The lowest BCUT2D eigenvalue weighted by atomic mass is 9.90. The van der Waals surface area contributed by atoms with Crippen molar-refractivity contribution in [1.82, 2.24) is 9.55 Å². The van der Waals surface area contributed by atoms with Crippen molar-refractivity contribution in [2.24, 2.45) is 10.9 Å². The molecule has 0 saturated heterocycles. The van der Waals surface area contributed by atoms with Crippen LogP contribution in [-0.2, 0) is 0 Å². The molecule has 3 heterocycles. The second kappa shape index (κ2) is 13.1. The van der Waals surface area contributed by atoms with Gasteiger partial charge in [-0.25, -0.2) is 4.98 Å². The molecular weight excluding hydrogens is 576 g/mol. The van der Waals surface area contributed by atoms with Crippen molar-refractivity contribution in [3.05, 3.63) is 126 Å². The van der Waals surface area contributed by atoms with Gasteiger partial charge in [0.05, 0.1) is 17.1 Å². The molecule has 5 nitrogen and oxygen atoms in total. The molecule has 0 spiro atoms. The SMILES string of the molecule is CCCC(CCC)[C@@H]1CN(c2c(C)cc(C)cc2C)C(c2cccc(Oc3ccc4c5ccccc5n(-c5ccccn5)c4c3)c2)=N1. The van der Waals surface area contributed by atoms with Crippen LogP contribution in [0.2, 0.25) is 0 Å². The van der Waals surface area contributed by atoms with E-state index in [9.17, 15) is 0 Å². The maximum absolute atomic E-state index is 6.62. The number of hydrogen-bond acceptors (Lipinski definition) is 4. The summed E-state index contributed by atoms with van der Waals surface area (Å²) in [6.45, 7) is 12.1. The van der Waals surface area contributed by atoms with Gasteiger partial charge in [0.1, 0.15) is 23.2 Å². The maximum atomic E-state index is 6.62. The summed E-state index contributed by atoms with van der Waals surface area (Å²) in [7, 11) is 0. The van der Waals surface area contributed by atoms with Gasteiger partial charge in [0.15, 0.2) is 0 Å². The van der Waals surface area contributed by atoms with Crippen LogP contribution < -0.4 is 9.64 Å². The molecule has 6 aromatic rings. The van der Waals surface area contributed by atoms with E-state index < -0.39 is 0 Å². The number of fused-ring (bicyclic) bond motifs is 3. The van der Waals surface area contributed by atoms with Crippen molar-refractivity contribution in [1.29, 1.82) is 0 Å². The van der Waals surface area contributed by atoms with Gasteiger partial charge in [-0.2, -0.15) is 0 Å². The van der Waals surface area contributed by atoms with Crippen molar-refractivity contribution in [2.75, 3.05) is 11.4 Å². The van der Waals surface area contributed by atoms with E-state index in [4.69, 9.17) is 9.73 Å². The molecule has 0 aliphatic carbocycles. The van der Waals surface area contributed by atoms with Gasteiger partial charge in [-0.15, -0.1) is 0 Å². The summed E-state index contributed by atoms with van der Waals surface area (Å²) in [5, 5.41) is 2.37. The van der Waals surface area contributed by atoms with Crippen molar-refractivity contribution in [3.63, 3.8) is 0 Å². The third-order valence-electron chi connectivity index (χ3n) is 9.53. The number of pyridine rings is 1. The van der Waals surface area contributed by atoms with Crippen LogP contribution in [0.25, 0.3) is 27.6 Å². The predicted molar refractivity (Wildman–Crippen MR) is 197 cm³/mol. The van der Waals surface area contributed by atoms with Crippen LogP contribution in [0, 0.1) is 26.7 Å². The van der Waals surface area contributed by atoms with Gasteiger partial charge in [0.25, 0.3) is 0 Å². The van der Waals surface area contributed by atoms with Gasteiger partial charge in [0, 0.05) is 40.8 Å². The Kier molecular flexibility index (Phi) is 8.55. The molecule has 238 valence electrons. The van der Waals surface area contributed by atoms with E-state index in [-0.39, 0.29) is 6.04 Å². The molecule has 0 saturated carbocycles. The number of rotatable bonds is 10. The smallest absolute Gasteiger partial charge is 0.137 e. The lowest BCUT2D eigenvalue weighted by Gasteiger charge is -2.27. The normalized spacial score (nSPS) is 14.8. The Balaban J connectivity index is 1.27. The highest BCUT2D eigenvalue weighted by Crippen LogP contribution is 2.37.